The van der Waals surface area contributed by atoms with Gasteiger partial charge < -0.3 is 5.11 Å². The van der Waals surface area contributed by atoms with Crippen LogP contribution in [0.2, 0.25) is 0 Å². The Kier molecular flexibility index (Phi) is 7.70. The van der Waals surface area contributed by atoms with Gasteiger partial charge in [0.15, 0.2) is 6.35 Å². The summed E-state index contributed by atoms with van der Waals surface area (Å²) in [5.41, 5.74) is 7.61. The minimum Gasteiger partial charge on any atom is -0.365 e. The number of H-pyrrole nitrogens is 1. The van der Waals surface area contributed by atoms with Crippen LogP contribution in [0.5, 0.6) is 0 Å². The second-order valence-electron chi connectivity index (χ2n) is 11.4. The highest BCUT2D eigenvalue weighted by Crippen LogP contribution is 2.29. The van der Waals surface area contributed by atoms with Crippen LogP contribution in [0.1, 0.15) is 48.7 Å². The zero-order chi connectivity index (χ0) is 26.8. The molecule has 4 aromatic rings. The van der Waals surface area contributed by atoms with Crippen LogP contribution in [0.3, 0.4) is 0 Å². The Morgan fingerprint density at radius 1 is 1.15 bits per heavy atom. The van der Waals surface area contributed by atoms with Crippen LogP contribution in [0.25, 0.3) is 22.2 Å². The zero-order valence-corrected chi connectivity index (χ0v) is 23.0. The largest absolute Gasteiger partial charge is 0.365 e. The van der Waals surface area contributed by atoms with Crippen molar-refractivity contribution in [2.45, 2.75) is 65.0 Å². The number of rotatable bonds is 6. The molecule has 1 fully saturated rings. The Morgan fingerprint density at radius 3 is 2.95 bits per heavy atom. The second kappa shape index (κ2) is 11.5. The summed E-state index contributed by atoms with van der Waals surface area (Å²) in [4.78, 5) is 13.7. The van der Waals surface area contributed by atoms with E-state index in [-0.39, 0.29) is 6.04 Å². The van der Waals surface area contributed by atoms with Crippen molar-refractivity contribution in [2.24, 2.45) is 5.92 Å². The van der Waals surface area contributed by atoms with Crippen LogP contribution in [0, 0.1) is 12.8 Å². The second-order valence-corrected chi connectivity index (χ2v) is 11.4. The van der Waals surface area contributed by atoms with E-state index in [0.717, 1.165) is 67.2 Å². The van der Waals surface area contributed by atoms with Gasteiger partial charge in [-0.2, -0.15) is 5.10 Å². The molecule has 3 unspecified atom stereocenters. The van der Waals surface area contributed by atoms with Gasteiger partial charge in [-0.05, 0) is 68.5 Å². The van der Waals surface area contributed by atoms with Gasteiger partial charge in [-0.15, -0.1) is 0 Å². The highest BCUT2D eigenvalue weighted by Gasteiger charge is 2.29. The van der Waals surface area contributed by atoms with Crippen LogP contribution in [0.4, 0.5) is 0 Å². The first kappa shape index (κ1) is 26.1. The molecular weight excluding hydrogens is 486 g/mol. The maximum atomic E-state index is 11.4. The fourth-order valence-electron chi connectivity index (χ4n) is 6.24. The SMILES string of the molecule is Cc1cc(-c2n[nH]c3c2CN(C(O)NC2CC(C)CCCN(Cc4cnc5ccccc5c4)C2)CC3)ccn1. The van der Waals surface area contributed by atoms with Crippen molar-refractivity contribution in [3.05, 3.63) is 77.4 Å². The number of nitrogens with zero attached hydrogens (tertiary/aromatic N) is 5. The molecule has 6 rings (SSSR count). The number of benzene rings is 1. The number of nitrogens with one attached hydrogen (secondary N) is 2. The lowest BCUT2D eigenvalue weighted by molar-refractivity contribution is -0.0439. The van der Waals surface area contributed by atoms with E-state index < -0.39 is 6.35 Å². The van der Waals surface area contributed by atoms with Gasteiger partial charge in [-0.1, -0.05) is 25.1 Å². The first-order valence-corrected chi connectivity index (χ1v) is 14.2. The molecule has 39 heavy (non-hydrogen) atoms. The number of para-hydroxylation sites is 1. The van der Waals surface area contributed by atoms with Gasteiger partial charge in [-0.3, -0.25) is 30.2 Å². The van der Waals surface area contributed by atoms with Crippen molar-refractivity contribution in [2.75, 3.05) is 19.6 Å². The summed E-state index contributed by atoms with van der Waals surface area (Å²) in [5.74, 6) is 0.627. The summed E-state index contributed by atoms with van der Waals surface area (Å²) in [5, 5.41) is 24.0. The molecule has 0 radical (unpaired) electrons. The number of aromatic nitrogens is 4. The van der Waals surface area contributed by atoms with Gasteiger partial charge in [0.05, 0.1) is 11.2 Å². The fourth-order valence-corrected chi connectivity index (χ4v) is 6.24. The maximum Gasteiger partial charge on any atom is 0.163 e. The number of aromatic amines is 1. The number of aryl methyl sites for hydroxylation is 1. The molecule has 1 saturated heterocycles. The van der Waals surface area contributed by atoms with Gasteiger partial charge in [0.2, 0.25) is 0 Å². The van der Waals surface area contributed by atoms with E-state index in [1.165, 1.54) is 29.4 Å². The molecule has 1 aromatic carbocycles. The first-order chi connectivity index (χ1) is 19.0. The van der Waals surface area contributed by atoms with Crippen molar-refractivity contribution >= 4 is 10.9 Å². The average molecular weight is 526 g/mol. The first-order valence-electron chi connectivity index (χ1n) is 14.2. The number of likely N-dealkylation sites (tertiary alicyclic amines) is 1. The van der Waals surface area contributed by atoms with Gasteiger partial charge in [0, 0.05) is 78.9 Å². The molecule has 2 aliphatic heterocycles. The van der Waals surface area contributed by atoms with Crippen LogP contribution in [-0.4, -0.2) is 67.1 Å². The molecule has 0 amide bonds. The Bertz CT molecular complexity index is 1420. The highest BCUT2D eigenvalue weighted by molar-refractivity contribution is 5.78. The molecule has 0 aliphatic carbocycles. The summed E-state index contributed by atoms with van der Waals surface area (Å²) >= 11 is 0. The predicted octanol–water partition coefficient (Wildman–Crippen LogP) is 4.24. The van der Waals surface area contributed by atoms with E-state index in [4.69, 9.17) is 0 Å². The minimum absolute atomic E-state index is 0.205. The summed E-state index contributed by atoms with van der Waals surface area (Å²) in [6, 6.07) is 14.8. The van der Waals surface area contributed by atoms with Crippen molar-refractivity contribution in [1.82, 2.24) is 35.3 Å². The summed E-state index contributed by atoms with van der Waals surface area (Å²) in [6.07, 6.45) is 7.43. The van der Waals surface area contributed by atoms with Gasteiger partial charge in [0.1, 0.15) is 0 Å². The van der Waals surface area contributed by atoms with Gasteiger partial charge >= 0.3 is 0 Å². The number of hydrogen-bond acceptors (Lipinski definition) is 7. The van der Waals surface area contributed by atoms with Crippen molar-refractivity contribution < 1.29 is 5.11 Å². The summed E-state index contributed by atoms with van der Waals surface area (Å²) in [6.45, 7) is 8.61. The smallest absolute Gasteiger partial charge is 0.163 e. The third kappa shape index (κ3) is 6.04. The predicted molar refractivity (Wildman–Crippen MR) is 154 cm³/mol. The molecule has 0 spiro atoms. The minimum atomic E-state index is -0.708. The Balaban J connectivity index is 1.14. The lowest BCUT2D eigenvalue weighted by Gasteiger charge is -2.37. The van der Waals surface area contributed by atoms with Crippen LogP contribution >= 0.6 is 0 Å². The molecule has 5 heterocycles. The Hall–Kier alpha value is -3.17. The van der Waals surface area contributed by atoms with Crippen LogP contribution in [0.15, 0.2) is 54.9 Å². The van der Waals surface area contributed by atoms with Crippen LogP contribution in [-0.2, 0) is 19.5 Å². The van der Waals surface area contributed by atoms with Crippen molar-refractivity contribution in [3.8, 4) is 11.3 Å². The summed E-state index contributed by atoms with van der Waals surface area (Å²) < 4.78 is 0. The summed E-state index contributed by atoms with van der Waals surface area (Å²) in [7, 11) is 0. The number of aliphatic hydroxyl groups is 1. The van der Waals surface area contributed by atoms with Crippen LogP contribution < -0.4 is 5.32 Å². The molecule has 3 atom stereocenters. The fraction of sp³-hybridized carbons (Fsp3) is 0.452. The van der Waals surface area contributed by atoms with E-state index in [1.54, 1.807) is 0 Å². The Morgan fingerprint density at radius 2 is 2.05 bits per heavy atom. The standard InChI is InChI=1S/C31H39N7O/c1-21-6-5-12-37(18-23-16-24-7-3-4-8-28(24)33-17-23)19-26(14-21)34-31(39)38-13-10-29-27(20-38)30(36-35-29)25-9-11-32-22(2)15-25/h3-4,7-9,11,15-17,21,26,31,34,39H,5-6,10,12-14,18-20H2,1-2H3,(H,35,36). The number of pyridine rings is 2. The van der Waals surface area contributed by atoms with Gasteiger partial charge in [0.25, 0.3) is 0 Å². The van der Waals surface area contributed by atoms with Crippen molar-refractivity contribution in [3.63, 3.8) is 0 Å². The normalized spacial score (nSPS) is 21.8. The van der Waals surface area contributed by atoms with E-state index in [1.807, 2.05) is 31.5 Å². The van der Waals surface area contributed by atoms with E-state index in [2.05, 4.69) is 72.5 Å². The third-order valence-corrected chi connectivity index (χ3v) is 8.25. The zero-order valence-electron chi connectivity index (χ0n) is 23.0. The topological polar surface area (TPSA) is 93.2 Å². The Labute approximate surface area is 230 Å². The monoisotopic (exact) mass is 525 g/mol. The quantitative estimate of drug-likeness (QED) is 0.324. The van der Waals surface area contributed by atoms with E-state index >= 15 is 0 Å². The average Bonchev–Trinajstić information content (AvgIpc) is 3.35. The number of fused-ring (bicyclic) bond motifs is 2. The van der Waals surface area contributed by atoms with E-state index in [0.29, 0.717) is 12.5 Å². The number of hydrogen-bond donors (Lipinski definition) is 3. The molecule has 0 saturated carbocycles. The molecule has 8 heteroatoms. The molecule has 8 nitrogen and oxygen atoms in total. The van der Waals surface area contributed by atoms with E-state index in [9.17, 15) is 5.11 Å². The molecular formula is C31H39N7O. The highest BCUT2D eigenvalue weighted by atomic mass is 16.3. The molecule has 3 N–H and O–H groups in total. The maximum absolute atomic E-state index is 11.4. The lowest BCUT2D eigenvalue weighted by atomic mass is 9.94. The molecule has 2 aliphatic rings. The number of aliphatic hydroxyl groups excluding tert-OH is 1. The molecule has 0 bridgehead atoms. The molecule has 3 aromatic heterocycles. The molecule has 204 valence electrons. The third-order valence-electron chi connectivity index (χ3n) is 8.25. The lowest BCUT2D eigenvalue weighted by Crippen LogP contribution is -2.54. The van der Waals surface area contributed by atoms with Crippen molar-refractivity contribution in [1.29, 1.82) is 0 Å². The van der Waals surface area contributed by atoms with Gasteiger partial charge in [-0.25, -0.2) is 0 Å².